The molecule has 1 amide bonds. The van der Waals surface area contributed by atoms with E-state index in [0.29, 0.717) is 18.8 Å². The first-order valence-electron chi connectivity index (χ1n) is 8.34. The van der Waals surface area contributed by atoms with Crippen LogP contribution in [0.25, 0.3) is 0 Å². The van der Waals surface area contributed by atoms with Gasteiger partial charge in [-0.2, -0.15) is 0 Å². The third-order valence-electron chi connectivity index (χ3n) is 3.86. The number of hydrogen-bond donors (Lipinski definition) is 1. The van der Waals surface area contributed by atoms with E-state index in [0.717, 1.165) is 5.76 Å². The van der Waals surface area contributed by atoms with E-state index in [9.17, 15) is 14.9 Å². The largest absolute Gasteiger partial charge is 0.468 e. The summed E-state index contributed by atoms with van der Waals surface area (Å²) < 4.78 is 5.41. The third-order valence-corrected chi connectivity index (χ3v) is 4.85. The fraction of sp³-hybridized carbons (Fsp3) is 0.211. The average Bonchev–Trinajstić information content (AvgIpc) is 3.27. The number of nitro groups is 1. The first-order valence-corrected chi connectivity index (χ1v) is 9.15. The lowest BCUT2D eigenvalue weighted by Gasteiger charge is -2.20. The van der Waals surface area contributed by atoms with Gasteiger partial charge in [0.15, 0.2) is 0 Å². The number of nitrogens with zero attached hydrogens (tertiary/aromatic N) is 2. The third kappa shape index (κ3) is 5.50. The Hall–Kier alpha value is -2.97. The molecule has 27 heavy (non-hydrogen) atoms. The van der Waals surface area contributed by atoms with E-state index >= 15 is 0 Å². The fourth-order valence-corrected chi connectivity index (χ4v) is 3.58. The van der Waals surface area contributed by atoms with Gasteiger partial charge in [-0.05, 0) is 43.3 Å². The molecule has 2 heterocycles. The summed E-state index contributed by atoms with van der Waals surface area (Å²) in [6.45, 7) is 3.37. The van der Waals surface area contributed by atoms with Crippen LogP contribution in [0.4, 0.5) is 11.4 Å². The number of hydrogen-bond acceptors (Lipinski definition) is 6. The van der Waals surface area contributed by atoms with Gasteiger partial charge in [0.25, 0.3) is 5.69 Å². The van der Waals surface area contributed by atoms with Crippen LogP contribution in [0.5, 0.6) is 0 Å². The Morgan fingerprint density at radius 2 is 1.96 bits per heavy atom. The number of non-ortho nitro benzene ring substituents is 1. The lowest BCUT2D eigenvalue weighted by Crippen LogP contribution is -2.32. The number of nitro benzene ring substituents is 1. The van der Waals surface area contributed by atoms with Crippen molar-refractivity contribution in [2.24, 2.45) is 0 Å². The van der Waals surface area contributed by atoms with Crippen LogP contribution in [0.3, 0.4) is 0 Å². The highest BCUT2D eigenvalue weighted by molar-refractivity contribution is 7.11. The number of anilines is 1. The molecule has 1 aromatic carbocycles. The van der Waals surface area contributed by atoms with Gasteiger partial charge in [0, 0.05) is 34.1 Å². The van der Waals surface area contributed by atoms with Crippen LogP contribution in [-0.2, 0) is 17.9 Å². The summed E-state index contributed by atoms with van der Waals surface area (Å²) in [4.78, 5) is 27.1. The Labute approximate surface area is 160 Å². The molecule has 0 atom stereocenters. The van der Waals surface area contributed by atoms with E-state index in [1.807, 2.05) is 24.0 Å². The monoisotopic (exact) mass is 385 g/mol. The zero-order valence-electron chi connectivity index (χ0n) is 14.8. The molecule has 0 saturated heterocycles. The van der Waals surface area contributed by atoms with Crippen molar-refractivity contribution < 1.29 is 14.1 Å². The van der Waals surface area contributed by atoms with E-state index in [1.54, 1.807) is 17.6 Å². The number of amides is 1. The molecule has 7 nitrogen and oxygen atoms in total. The molecule has 3 rings (SSSR count). The molecule has 0 aliphatic rings. The molecule has 0 spiro atoms. The van der Waals surface area contributed by atoms with Crippen LogP contribution in [0.15, 0.2) is 59.2 Å². The minimum Gasteiger partial charge on any atom is -0.468 e. The second-order valence-electron chi connectivity index (χ2n) is 6.09. The number of furan rings is 1. The summed E-state index contributed by atoms with van der Waals surface area (Å²) in [5, 5.41) is 13.5. The van der Waals surface area contributed by atoms with Gasteiger partial charge in [-0.3, -0.25) is 19.8 Å². The summed E-state index contributed by atoms with van der Waals surface area (Å²) in [6, 6.07) is 13.6. The Balaban J connectivity index is 1.64. The molecule has 0 saturated carbocycles. The predicted octanol–water partition coefficient (Wildman–Crippen LogP) is 4.20. The van der Waals surface area contributed by atoms with Gasteiger partial charge in [0.1, 0.15) is 5.76 Å². The number of nitrogens with one attached hydrogen (secondary N) is 1. The standard InChI is InChI=1S/C19H19N3O4S/c1-14-4-9-18(27-14)12-21(11-17-3-2-10-26-17)13-19(23)20-15-5-7-16(8-6-15)22(24)25/h2-10H,11-13H2,1H3,(H,20,23). The van der Waals surface area contributed by atoms with E-state index in [4.69, 9.17) is 4.42 Å². The van der Waals surface area contributed by atoms with Crippen LogP contribution >= 0.6 is 11.3 Å². The molecular weight excluding hydrogens is 366 g/mol. The Morgan fingerprint density at radius 3 is 2.56 bits per heavy atom. The maximum absolute atomic E-state index is 12.5. The van der Waals surface area contributed by atoms with E-state index in [-0.39, 0.29) is 18.1 Å². The fourth-order valence-electron chi connectivity index (χ4n) is 2.65. The second-order valence-corrected chi connectivity index (χ2v) is 7.46. The molecular formula is C19H19N3O4S. The van der Waals surface area contributed by atoms with Crippen molar-refractivity contribution in [1.29, 1.82) is 0 Å². The maximum Gasteiger partial charge on any atom is 0.269 e. The van der Waals surface area contributed by atoms with Gasteiger partial charge in [-0.25, -0.2) is 0 Å². The minimum atomic E-state index is -0.473. The molecule has 0 bridgehead atoms. The number of carbonyl (C=O) groups is 1. The van der Waals surface area contributed by atoms with Crippen molar-refractivity contribution in [2.75, 3.05) is 11.9 Å². The Kier molecular flexibility index (Phi) is 6.00. The van der Waals surface area contributed by atoms with Gasteiger partial charge in [0.2, 0.25) is 5.91 Å². The van der Waals surface area contributed by atoms with E-state index in [1.165, 1.54) is 34.0 Å². The first-order chi connectivity index (χ1) is 13.0. The molecule has 8 heteroatoms. The number of benzene rings is 1. The van der Waals surface area contributed by atoms with Crippen LogP contribution < -0.4 is 5.32 Å². The van der Waals surface area contributed by atoms with Crippen molar-refractivity contribution in [3.8, 4) is 0 Å². The molecule has 1 N–H and O–H groups in total. The smallest absolute Gasteiger partial charge is 0.269 e. The lowest BCUT2D eigenvalue weighted by atomic mass is 10.3. The molecule has 0 unspecified atom stereocenters. The quantitative estimate of drug-likeness (QED) is 0.464. The summed E-state index contributed by atoms with van der Waals surface area (Å²) in [5.74, 6) is 0.593. The summed E-state index contributed by atoms with van der Waals surface area (Å²) >= 11 is 1.70. The molecule has 140 valence electrons. The number of thiophene rings is 1. The van der Waals surface area contributed by atoms with E-state index in [2.05, 4.69) is 17.4 Å². The van der Waals surface area contributed by atoms with Crippen molar-refractivity contribution >= 4 is 28.6 Å². The SMILES string of the molecule is Cc1ccc(CN(CC(=O)Nc2ccc([N+](=O)[O-])cc2)Cc2ccco2)s1. The van der Waals surface area contributed by atoms with Gasteiger partial charge >= 0.3 is 0 Å². The van der Waals surface area contributed by atoms with Crippen LogP contribution in [-0.4, -0.2) is 22.3 Å². The summed E-state index contributed by atoms with van der Waals surface area (Å²) in [6.07, 6.45) is 1.61. The predicted molar refractivity (Wildman–Crippen MR) is 104 cm³/mol. The van der Waals surface area contributed by atoms with Gasteiger partial charge in [-0.15, -0.1) is 11.3 Å². The normalized spacial score (nSPS) is 10.9. The zero-order valence-corrected chi connectivity index (χ0v) is 15.6. The average molecular weight is 385 g/mol. The lowest BCUT2D eigenvalue weighted by molar-refractivity contribution is -0.384. The maximum atomic E-state index is 12.5. The number of rotatable bonds is 8. The highest BCUT2D eigenvalue weighted by atomic mass is 32.1. The zero-order chi connectivity index (χ0) is 19.2. The Morgan fingerprint density at radius 1 is 1.19 bits per heavy atom. The Bertz CT molecular complexity index is 903. The van der Waals surface area contributed by atoms with Crippen molar-refractivity contribution in [2.45, 2.75) is 20.0 Å². The van der Waals surface area contributed by atoms with Crippen LogP contribution in [0.1, 0.15) is 15.5 Å². The summed E-state index contributed by atoms with van der Waals surface area (Å²) in [5.41, 5.74) is 0.510. The minimum absolute atomic E-state index is 0.0134. The summed E-state index contributed by atoms with van der Waals surface area (Å²) in [7, 11) is 0. The molecule has 0 aliphatic heterocycles. The van der Waals surface area contributed by atoms with Crippen molar-refractivity contribution in [3.05, 3.63) is 80.4 Å². The number of carbonyl (C=O) groups excluding carboxylic acids is 1. The molecule has 2 aromatic heterocycles. The number of aryl methyl sites for hydroxylation is 1. The van der Waals surface area contributed by atoms with Gasteiger partial charge < -0.3 is 9.73 Å². The highest BCUT2D eigenvalue weighted by Gasteiger charge is 2.15. The van der Waals surface area contributed by atoms with Crippen LogP contribution in [0.2, 0.25) is 0 Å². The van der Waals surface area contributed by atoms with Crippen molar-refractivity contribution in [3.63, 3.8) is 0 Å². The van der Waals surface area contributed by atoms with E-state index < -0.39 is 4.92 Å². The molecule has 0 aliphatic carbocycles. The molecule has 0 radical (unpaired) electrons. The highest BCUT2D eigenvalue weighted by Crippen LogP contribution is 2.19. The molecule has 0 fully saturated rings. The van der Waals surface area contributed by atoms with Crippen molar-refractivity contribution in [1.82, 2.24) is 4.90 Å². The first kappa shape index (κ1) is 18.8. The van der Waals surface area contributed by atoms with Crippen LogP contribution in [0, 0.1) is 17.0 Å². The topological polar surface area (TPSA) is 88.6 Å². The second kappa shape index (κ2) is 8.61. The van der Waals surface area contributed by atoms with Gasteiger partial charge in [0.05, 0.1) is 24.3 Å². The molecule has 3 aromatic rings. The van der Waals surface area contributed by atoms with Gasteiger partial charge in [-0.1, -0.05) is 0 Å².